The molecular formula is C13H9F3O5S. The van der Waals surface area contributed by atoms with Crippen LogP contribution in [0.3, 0.4) is 0 Å². The number of hydrogen-bond donors (Lipinski definition) is 1. The van der Waals surface area contributed by atoms with Crippen molar-refractivity contribution in [1.29, 1.82) is 0 Å². The Labute approximate surface area is 123 Å². The van der Waals surface area contributed by atoms with E-state index in [0.29, 0.717) is 0 Å². The molecule has 0 saturated carbocycles. The minimum atomic E-state index is -4.77. The molecule has 0 aromatic heterocycles. The van der Waals surface area contributed by atoms with Crippen molar-refractivity contribution in [3.05, 3.63) is 48.5 Å². The maximum Gasteiger partial charge on any atom is 0.573 e. The van der Waals surface area contributed by atoms with Gasteiger partial charge in [0.1, 0.15) is 17.2 Å². The summed E-state index contributed by atoms with van der Waals surface area (Å²) in [6, 6.07) is 9.53. The Morgan fingerprint density at radius 2 is 1.23 bits per heavy atom. The third-order valence-electron chi connectivity index (χ3n) is 2.41. The first-order valence-corrected chi connectivity index (χ1v) is 7.19. The smallest absolute Gasteiger partial charge is 0.457 e. The normalized spacial score (nSPS) is 12.0. The Morgan fingerprint density at radius 3 is 1.64 bits per heavy atom. The van der Waals surface area contributed by atoms with Gasteiger partial charge in [-0.05, 0) is 48.5 Å². The van der Waals surface area contributed by atoms with Crippen molar-refractivity contribution in [2.75, 3.05) is 0 Å². The lowest BCUT2D eigenvalue weighted by atomic mass is 10.3. The summed E-state index contributed by atoms with van der Waals surface area (Å²) in [6.07, 6.45) is -4.77. The molecular weight excluding hydrogens is 325 g/mol. The highest BCUT2D eigenvalue weighted by Crippen LogP contribution is 2.27. The molecule has 2 rings (SSSR count). The standard InChI is InChI=1S/C13H9F3O5S/c14-13(15,16)21-11-3-1-9(2-4-11)20-10-5-7-12(8-6-10)22(17,18)19/h1-8H,(H,17,18,19). The van der Waals surface area contributed by atoms with E-state index in [9.17, 15) is 21.6 Å². The van der Waals surface area contributed by atoms with Crippen LogP contribution in [0.1, 0.15) is 0 Å². The first-order valence-electron chi connectivity index (χ1n) is 5.75. The number of rotatable bonds is 4. The molecule has 0 radical (unpaired) electrons. The van der Waals surface area contributed by atoms with E-state index in [0.717, 1.165) is 24.3 Å². The lowest BCUT2D eigenvalue weighted by Crippen LogP contribution is -2.16. The summed E-state index contributed by atoms with van der Waals surface area (Å²) < 4.78 is 75.6. The Morgan fingerprint density at radius 1 is 0.818 bits per heavy atom. The molecule has 0 unspecified atom stereocenters. The quantitative estimate of drug-likeness (QED) is 0.865. The zero-order valence-corrected chi connectivity index (χ0v) is 11.6. The second kappa shape index (κ2) is 5.85. The van der Waals surface area contributed by atoms with Crippen LogP contribution >= 0.6 is 0 Å². The molecule has 2 aromatic rings. The van der Waals surface area contributed by atoms with Crippen molar-refractivity contribution in [2.24, 2.45) is 0 Å². The fraction of sp³-hybridized carbons (Fsp3) is 0.0769. The van der Waals surface area contributed by atoms with Crippen molar-refractivity contribution < 1.29 is 35.6 Å². The van der Waals surface area contributed by atoms with Crippen LogP contribution in [0.5, 0.6) is 17.2 Å². The van der Waals surface area contributed by atoms with Crippen LogP contribution < -0.4 is 9.47 Å². The molecule has 0 spiro atoms. The van der Waals surface area contributed by atoms with Gasteiger partial charge in [0.05, 0.1) is 4.90 Å². The van der Waals surface area contributed by atoms with Crippen LogP contribution in [0.25, 0.3) is 0 Å². The zero-order chi connectivity index (χ0) is 16.4. The molecule has 0 fully saturated rings. The van der Waals surface area contributed by atoms with Gasteiger partial charge < -0.3 is 9.47 Å². The van der Waals surface area contributed by atoms with Crippen LogP contribution in [0.15, 0.2) is 53.4 Å². The third-order valence-corrected chi connectivity index (χ3v) is 3.28. The topological polar surface area (TPSA) is 72.8 Å². The van der Waals surface area contributed by atoms with Crippen molar-refractivity contribution >= 4 is 10.1 Å². The Hall–Kier alpha value is -2.26. The van der Waals surface area contributed by atoms with E-state index in [1.165, 1.54) is 24.3 Å². The van der Waals surface area contributed by atoms with E-state index in [2.05, 4.69) is 4.74 Å². The highest BCUT2D eigenvalue weighted by molar-refractivity contribution is 7.85. The van der Waals surface area contributed by atoms with Crippen LogP contribution in [0.4, 0.5) is 13.2 Å². The molecule has 0 saturated heterocycles. The van der Waals surface area contributed by atoms with E-state index < -0.39 is 16.5 Å². The maximum absolute atomic E-state index is 12.0. The molecule has 22 heavy (non-hydrogen) atoms. The van der Waals surface area contributed by atoms with Gasteiger partial charge in [-0.1, -0.05) is 0 Å². The molecule has 118 valence electrons. The molecule has 0 aliphatic carbocycles. The fourth-order valence-corrected chi connectivity index (χ4v) is 2.01. The largest absolute Gasteiger partial charge is 0.573 e. The Bertz CT molecular complexity index is 737. The molecule has 0 heterocycles. The van der Waals surface area contributed by atoms with Gasteiger partial charge in [-0.3, -0.25) is 4.55 Å². The lowest BCUT2D eigenvalue weighted by Gasteiger charge is -2.10. The summed E-state index contributed by atoms with van der Waals surface area (Å²) in [4.78, 5) is -0.297. The lowest BCUT2D eigenvalue weighted by molar-refractivity contribution is -0.274. The van der Waals surface area contributed by atoms with E-state index in [1.54, 1.807) is 0 Å². The molecule has 0 bridgehead atoms. The molecule has 0 amide bonds. The van der Waals surface area contributed by atoms with Gasteiger partial charge in [-0.2, -0.15) is 8.42 Å². The summed E-state index contributed by atoms with van der Waals surface area (Å²) in [5, 5.41) is 0. The van der Waals surface area contributed by atoms with Crippen molar-refractivity contribution in [3.8, 4) is 17.2 Å². The number of alkyl halides is 3. The monoisotopic (exact) mass is 334 g/mol. The molecule has 0 aliphatic rings. The van der Waals surface area contributed by atoms with E-state index >= 15 is 0 Å². The SMILES string of the molecule is O=S(=O)(O)c1ccc(Oc2ccc(OC(F)(F)F)cc2)cc1. The van der Waals surface area contributed by atoms with Crippen LogP contribution in [-0.2, 0) is 10.1 Å². The van der Waals surface area contributed by atoms with Gasteiger partial charge in [0, 0.05) is 0 Å². The van der Waals surface area contributed by atoms with Gasteiger partial charge in [0.25, 0.3) is 10.1 Å². The van der Waals surface area contributed by atoms with Gasteiger partial charge in [-0.15, -0.1) is 13.2 Å². The van der Waals surface area contributed by atoms with E-state index in [1.807, 2.05) is 0 Å². The highest BCUT2D eigenvalue weighted by Gasteiger charge is 2.30. The first kappa shape index (κ1) is 16.1. The first-order chi connectivity index (χ1) is 10.1. The fourth-order valence-electron chi connectivity index (χ4n) is 1.53. The van der Waals surface area contributed by atoms with Gasteiger partial charge in [0.15, 0.2) is 0 Å². The summed E-state index contributed by atoms with van der Waals surface area (Å²) in [6.45, 7) is 0. The zero-order valence-electron chi connectivity index (χ0n) is 10.7. The second-order valence-corrected chi connectivity index (χ2v) is 5.49. The minimum absolute atomic E-state index is 0.231. The van der Waals surface area contributed by atoms with E-state index in [4.69, 9.17) is 9.29 Å². The Kier molecular flexibility index (Phi) is 4.29. The molecule has 9 heteroatoms. The van der Waals surface area contributed by atoms with Crippen molar-refractivity contribution in [2.45, 2.75) is 11.3 Å². The number of hydrogen-bond acceptors (Lipinski definition) is 4. The second-order valence-electron chi connectivity index (χ2n) is 4.07. The average Bonchev–Trinajstić information content (AvgIpc) is 2.39. The average molecular weight is 334 g/mol. The minimum Gasteiger partial charge on any atom is -0.457 e. The van der Waals surface area contributed by atoms with Crippen molar-refractivity contribution in [3.63, 3.8) is 0 Å². The predicted molar refractivity (Wildman–Crippen MR) is 69.5 cm³/mol. The molecule has 1 N–H and O–H groups in total. The molecule has 0 atom stereocenters. The predicted octanol–water partition coefficient (Wildman–Crippen LogP) is 3.62. The summed E-state index contributed by atoms with van der Waals surface area (Å²) in [5.74, 6) is 0.0904. The molecule has 0 aliphatic heterocycles. The van der Waals surface area contributed by atoms with E-state index in [-0.39, 0.29) is 22.1 Å². The van der Waals surface area contributed by atoms with Crippen LogP contribution in [0.2, 0.25) is 0 Å². The highest BCUT2D eigenvalue weighted by atomic mass is 32.2. The van der Waals surface area contributed by atoms with Crippen LogP contribution in [0, 0.1) is 0 Å². The maximum atomic E-state index is 12.0. The molecule has 2 aromatic carbocycles. The van der Waals surface area contributed by atoms with Gasteiger partial charge in [0.2, 0.25) is 0 Å². The van der Waals surface area contributed by atoms with Crippen LogP contribution in [-0.4, -0.2) is 19.3 Å². The summed E-state index contributed by atoms with van der Waals surface area (Å²) in [5.41, 5.74) is 0. The number of halogens is 3. The third kappa shape index (κ3) is 4.64. The Balaban J connectivity index is 2.08. The number of benzene rings is 2. The molecule has 5 nitrogen and oxygen atoms in total. The summed E-state index contributed by atoms with van der Waals surface area (Å²) >= 11 is 0. The van der Waals surface area contributed by atoms with Crippen molar-refractivity contribution in [1.82, 2.24) is 0 Å². The number of ether oxygens (including phenoxy) is 2. The van der Waals surface area contributed by atoms with Gasteiger partial charge in [-0.25, -0.2) is 0 Å². The summed E-state index contributed by atoms with van der Waals surface area (Å²) in [7, 11) is -4.29. The van der Waals surface area contributed by atoms with Gasteiger partial charge >= 0.3 is 6.36 Å².